The molecule has 1 N–H and O–H groups in total. The molecule has 7 heteroatoms. The molecular weight excluding hydrogens is 350 g/mol. The number of nitrogens with one attached hydrogen (secondary N) is 1. The van der Waals surface area contributed by atoms with Crippen molar-refractivity contribution in [3.8, 4) is 17.2 Å². The molecule has 0 aromatic heterocycles. The Balaban J connectivity index is 1.78. The molecule has 0 atom stereocenters. The fourth-order valence-corrected chi connectivity index (χ4v) is 2.37. The summed E-state index contributed by atoms with van der Waals surface area (Å²) in [6, 6.07) is 14.2. The van der Waals surface area contributed by atoms with E-state index in [1.807, 2.05) is 6.07 Å². The van der Waals surface area contributed by atoms with Gasteiger partial charge in [-0.25, -0.2) is 9.59 Å². The number of carbonyl (C=O) groups excluding carboxylic acids is 2. The van der Waals surface area contributed by atoms with Crippen LogP contribution in [0.3, 0.4) is 0 Å². The van der Waals surface area contributed by atoms with Crippen LogP contribution in [-0.4, -0.2) is 24.8 Å². The lowest BCUT2D eigenvalue weighted by Crippen LogP contribution is -2.42. The maximum absolute atomic E-state index is 12.0. The molecule has 0 unspecified atom stereocenters. The predicted octanol–water partition coefficient (Wildman–Crippen LogP) is 3.62. The smallest absolute Gasteiger partial charge is 0.350 e. The summed E-state index contributed by atoms with van der Waals surface area (Å²) in [4.78, 5) is 24.0. The minimum absolute atomic E-state index is 0.228. The zero-order valence-electron chi connectivity index (χ0n) is 15.1. The van der Waals surface area contributed by atoms with Crippen molar-refractivity contribution in [1.82, 2.24) is 0 Å². The third-order valence-electron chi connectivity index (χ3n) is 3.66. The van der Waals surface area contributed by atoms with Crippen molar-refractivity contribution in [2.75, 3.05) is 12.4 Å². The number of benzene rings is 2. The van der Waals surface area contributed by atoms with E-state index in [-0.39, 0.29) is 5.57 Å². The summed E-state index contributed by atoms with van der Waals surface area (Å²) in [5.74, 6) is -0.945. The van der Waals surface area contributed by atoms with E-state index in [0.717, 1.165) is 5.75 Å². The Morgan fingerprint density at radius 2 is 1.52 bits per heavy atom. The van der Waals surface area contributed by atoms with Crippen LogP contribution in [0.4, 0.5) is 5.69 Å². The van der Waals surface area contributed by atoms with E-state index in [9.17, 15) is 9.59 Å². The van der Waals surface area contributed by atoms with Crippen molar-refractivity contribution in [1.29, 1.82) is 0 Å². The van der Waals surface area contributed by atoms with Crippen LogP contribution in [0, 0.1) is 0 Å². The van der Waals surface area contributed by atoms with Crippen LogP contribution in [0.25, 0.3) is 0 Å². The number of cyclic esters (lactones) is 2. The summed E-state index contributed by atoms with van der Waals surface area (Å²) in [6.07, 6.45) is 1.25. The van der Waals surface area contributed by atoms with Gasteiger partial charge in [-0.1, -0.05) is 12.1 Å². The Morgan fingerprint density at radius 1 is 0.926 bits per heavy atom. The summed E-state index contributed by atoms with van der Waals surface area (Å²) < 4.78 is 21.1. The maximum Gasteiger partial charge on any atom is 0.350 e. The number of ether oxygens (including phenoxy) is 4. The van der Waals surface area contributed by atoms with Gasteiger partial charge < -0.3 is 24.3 Å². The molecule has 2 aromatic carbocycles. The monoisotopic (exact) mass is 369 g/mol. The first-order chi connectivity index (χ1) is 12.9. The molecule has 0 amide bonds. The van der Waals surface area contributed by atoms with Gasteiger partial charge in [0.1, 0.15) is 11.5 Å². The lowest BCUT2D eigenvalue weighted by Gasteiger charge is -2.29. The molecule has 2 aromatic rings. The van der Waals surface area contributed by atoms with Crippen molar-refractivity contribution >= 4 is 17.6 Å². The van der Waals surface area contributed by atoms with E-state index in [4.69, 9.17) is 18.9 Å². The number of esters is 2. The van der Waals surface area contributed by atoms with Crippen molar-refractivity contribution in [3.63, 3.8) is 0 Å². The van der Waals surface area contributed by atoms with Crippen LogP contribution in [0.2, 0.25) is 0 Å². The second-order valence-corrected chi connectivity index (χ2v) is 6.15. The van der Waals surface area contributed by atoms with Crippen molar-refractivity contribution in [2.45, 2.75) is 19.6 Å². The number of methoxy groups -OCH3 is 1. The number of rotatable bonds is 5. The van der Waals surface area contributed by atoms with Crippen molar-refractivity contribution in [2.24, 2.45) is 0 Å². The van der Waals surface area contributed by atoms with E-state index in [1.54, 1.807) is 49.6 Å². The normalized spacial score (nSPS) is 15.4. The van der Waals surface area contributed by atoms with Gasteiger partial charge in [-0.3, -0.25) is 0 Å². The molecule has 0 aliphatic carbocycles. The fraction of sp³-hybridized carbons (Fsp3) is 0.200. The molecule has 3 rings (SSSR count). The molecule has 0 spiro atoms. The van der Waals surface area contributed by atoms with Gasteiger partial charge in [0.05, 0.1) is 12.8 Å². The van der Waals surface area contributed by atoms with Crippen LogP contribution in [-0.2, 0) is 19.1 Å². The molecule has 1 heterocycles. The van der Waals surface area contributed by atoms with E-state index in [1.165, 1.54) is 20.0 Å². The Kier molecular flexibility index (Phi) is 5.03. The van der Waals surface area contributed by atoms with E-state index < -0.39 is 17.7 Å². The Morgan fingerprint density at radius 3 is 2.15 bits per heavy atom. The molecule has 1 fully saturated rings. The average Bonchev–Trinajstić information content (AvgIpc) is 2.62. The quantitative estimate of drug-likeness (QED) is 0.490. The highest BCUT2D eigenvalue weighted by atomic mass is 16.7. The van der Waals surface area contributed by atoms with Crippen LogP contribution in [0.1, 0.15) is 13.8 Å². The first-order valence-corrected chi connectivity index (χ1v) is 8.22. The van der Waals surface area contributed by atoms with Gasteiger partial charge in [-0.2, -0.15) is 0 Å². The van der Waals surface area contributed by atoms with Gasteiger partial charge in [0.2, 0.25) is 0 Å². The minimum Gasteiger partial charge on any atom is -0.497 e. The summed E-state index contributed by atoms with van der Waals surface area (Å²) in [5, 5.41) is 2.90. The molecule has 1 aliphatic heterocycles. The highest BCUT2D eigenvalue weighted by Gasteiger charge is 2.38. The summed E-state index contributed by atoms with van der Waals surface area (Å²) in [5.41, 5.74) is 0.333. The first kappa shape index (κ1) is 18.3. The summed E-state index contributed by atoms with van der Waals surface area (Å²) in [7, 11) is 1.59. The van der Waals surface area contributed by atoms with Gasteiger partial charge >= 0.3 is 11.9 Å². The number of hydrogen-bond acceptors (Lipinski definition) is 7. The van der Waals surface area contributed by atoms with Crippen LogP contribution < -0.4 is 14.8 Å². The van der Waals surface area contributed by atoms with Gasteiger partial charge in [0.15, 0.2) is 11.3 Å². The molecule has 27 heavy (non-hydrogen) atoms. The summed E-state index contributed by atoms with van der Waals surface area (Å²) in [6.45, 7) is 2.98. The molecule has 1 aliphatic rings. The molecule has 1 saturated heterocycles. The van der Waals surface area contributed by atoms with E-state index in [2.05, 4.69) is 5.32 Å². The Bertz CT molecular complexity index is 864. The third-order valence-corrected chi connectivity index (χ3v) is 3.66. The number of hydrogen-bond donors (Lipinski definition) is 1. The number of para-hydroxylation sites is 2. The van der Waals surface area contributed by atoms with E-state index in [0.29, 0.717) is 17.2 Å². The molecule has 0 radical (unpaired) electrons. The number of anilines is 1. The largest absolute Gasteiger partial charge is 0.497 e. The molecule has 0 saturated carbocycles. The second kappa shape index (κ2) is 7.41. The SMILES string of the molecule is COc1ccc(Oc2ccccc2NC=C2C(=O)OC(C)(C)OC2=O)cc1. The topological polar surface area (TPSA) is 83.1 Å². The Hall–Kier alpha value is -3.48. The van der Waals surface area contributed by atoms with Crippen LogP contribution >= 0.6 is 0 Å². The second-order valence-electron chi connectivity index (χ2n) is 6.15. The zero-order chi connectivity index (χ0) is 19.4. The van der Waals surface area contributed by atoms with Gasteiger partial charge in [-0.15, -0.1) is 0 Å². The van der Waals surface area contributed by atoms with Crippen LogP contribution in [0.15, 0.2) is 60.3 Å². The fourth-order valence-electron chi connectivity index (χ4n) is 2.37. The highest BCUT2D eigenvalue weighted by molar-refractivity contribution is 6.15. The van der Waals surface area contributed by atoms with Gasteiger partial charge in [0, 0.05) is 20.0 Å². The lowest BCUT2D eigenvalue weighted by atomic mass is 10.2. The first-order valence-electron chi connectivity index (χ1n) is 8.22. The van der Waals surface area contributed by atoms with Gasteiger partial charge in [0.25, 0.3) is 5.79 Å². The predicted molar refractivity (Wildman–Crippen MR) is 97.5 cm³/mol. The third kappa shape index (κ3) is 4.38. The standard InChI is InChI=1S/C20H19NO6/c1-20(2)26-18(22)15(19(23)27-20)12-21-16-6-4-5-7-17(16)25-14-10-8-13(24-3)9-11-14/h4-12,21H,1-3H3. The highest BCUT2D eigenvalue weighted by Crippen LogP contribution is 2.31. The molecule has 0 bridgehead atoms. The van der Waals surface area contributed by atoms with E-state index >= 15 is 0 Å². The molecule has 7 nitrogen and oxygen atoms in total. The average molecular weight is 369 g/mol. The molecular formula is C20H19NO6. The van der Waals surface area contributed by atoms with Gasteiger partial charge in [-0.05, 0) is 36.4 Å². The molecule has 140 valence electrons. The summed E-state index contributed by atoms with van der Waals surface area (Å²) >= 11 is 0. The zero-order valence-corrected chi connectivity index (χ0v) is 15.1. The minimum atomic E-state index is -1.28. The Labute approximate surface area is 156 Å². The maximum atomic E-state index is 12.0. The van der Waals surface area contributed by atoms with Crippen LogP contribution in [0.5, 0.6) is 17.2 Å². The number of carbonyl (C=O) groups is 2. The lowest BCUT2D eigenvalue weighted by molar-refractivity contribution is -0.222. The van der Waals surface area contributed by atoms with Crippen molar-refractivity contribution in [3.05, 3.63) is 60.3 Å². The van der Waals surface area contributed by atoms with Crippen molar-refractivity contribution < 1.29 is 28.5 Å².